The Morgan fingerprint density at radius 2 is 1.96 bits per heavy atom. The van der Waals surface area contributed by atoms with E-state index in [1.807, 2.05) is 30.3 Å². The van der Waals surface area contributed by atoms with Gasteiger partial charge in [-0.2, -0.15) is 0 Å². The van der Waals surface area contributed by atoms with Crippen LogP contribution in [0.2, 0.25) is 5.02 Å². The highest BCUT2D eigenvalue weighted by Gasteiger charge is 2.35. The fraction of sp³-hybridized carbons (Fsp3) is 0.158. The summed E-state index contributed by atoms with van der Waals surface area (Å²) in [6.07, 6.45) is 1.57. The zero-order chi connectivity index (χ0) is 18.7. The summed E-state index contributed by atoms with van der Waals surface area (Å²) in [5.41, 5.74) is 1.45. The number of ether oxygens (including phenoxy) is 1. The third-order valence-electron chi connectivity index (χ3n) is 3.71. The van der Waals surface area contributed by atoms with Gasteiger partial charge in [0, 0.05) is 0 Å². The van der Waals surface area contributed by atoms with Crippen molar-refractivity contribution in [1.29, 1.82) is 0 Å². The predicted molar refractivity (Wildman–Crippen MR) is 102 cm³/mol. The van der Waals surface area contributed by atoms with Crippen molar-refractivity contribution in [2.45, 2.75) is 13.5 Å². The van der Waals surface area contributed by atoms with Crippen LogP contribution in [0.3, 0.4) is 0 Å². The summed E-state index contributed by atoms with van der Waals surface area (Å²) in [6, 6.07) is 12.4. The zero-order valence-corrected chi connectivity index (χ0v) is 15.5. The van der Waals surface area contributed by atoms with Gasteiger partial charge >= 0.3 is 0 Å². The minimum absolute atomic E-state index is 0.116. The average Bonchev–Trinajstić information content (AvgIpc) is 2.88. The first-order chi connectivity index (χ1) is 12.5. The van der Waals surface area contributed by atoms with Crippen LogP contribution in [0.15, 0.2) is 47.4 Å². The fourth-order valence-electron chi connectivity index (χ4n) is 2.50. The summed E-state index contributed by atoms with van der Waals surface area (Å²) in [6.45, 7) is 2.37. The molecule has 2 aromatic rings. The topological polar surface area (TPSA) is 66.8 Å². The molecule has 1 fully saturated rings. The standard InChI is InChI=1S/C19H16ClNO4S/c1-2-25-15-9-13(8-14(20)17(15)22)10-16-18(23)21(19(24)26-16)11-12-6-4-3-5-7-12/h3-10,22H,2,11H2,1H3. The Morgan fingerprint density at radius 1 is 1.23 bits per heavy atom. The van der Waals surface area contributed by atoms with Gasteiger partial charge in [-0.3, -0.25) is 14.5 Å². The van der Waals surface area contributed by atoms with Crippen LogP contribution < -0.4 is 4.74 Å². The van der Waals surface area contributed by atoms with E-state index in [9.17, 15) is 14.7 Å². The molecule has 0 bridgehead atoms. The first-order valence-electron chi connectivity index (χ1n) is 7.94. The molecule has 0 saturated carbocycles. The van der Waals surface area contributed by atoms with E-state index in [2.05, 4.69) is 0 Å². The number of hydrogen-bond donors (Lipinski definition) is 1. The van der Waals surface area contributed by atoms with Crippen LogP contribution in [0.5, 0.6) is 11.5 Å². The van der Waals surface area contributed by atoms with E-state index in [1.54, 1.807) is 19.1 Å². The van der Waals surface area contributed by atoms with Gasteiger partial charge in [0.25, 0.3) is 11.1 Å². The molecular weight excluding hydrogens is 374 g/mol. The molecule has 1 N–H and O–H groups in total. The summed E-state index contributed by atoms with van der Waals surface area (Å²) >= 11 is 6.89. The van der Waals surface area contributed by atoms with Crippen LogP contribution in [-0.2, 0) is 11.3 Å². The van der Waals surface area contributed by atoms with E-state index in [4.69, 9.17) is 16.3 Å². The molecule has 0 aromatic heterocycles. The van der Waals surface area contributed by atoms with E-state index in [1.165, 1.54) is 11.0 Å². The Bertz CT molecular complexity index is 883. The van der Waals surface area contributed by atoms with Crippen molar-refractivity contribution in [2.24, 2.45) is 0 Å². The fourth-order valence-corrected chi connectivity index (χ4v) is 3.55. The highest BCUT2D eigenvalue weighted by Crippen LogP contribution is 2.38. The van der Waals surface area contributed by atoms with Gasteiger partial charge in [0.05, 0.1) is 23.1 Å². The molecule has 2 amide bonds. The predicted octanol–water partition coefficient (Wildman–Crippen LogP) is 4.68. The van der Waals surface area contributed by atoms with Gasteiger partial charge in [-0.15, -0.1) is 0 Å². The molecule has 7 heteroatoms. The Kier molecular flexibility index (Phi) is 5.54. The number of aromatic hydroxyl groups is 1. The first kappa shape index (κ1) is 18.4. The van der Waals surface area contributed by atoms with Gasteiger partial charge < -0.3 is 9.84 Å². The maximum absolute atomic E-state index is 12.6. The number of carbonyl (C=O) groups excluding carboxylic acids is 2. The minimum Gasteiger partial charge on any atom is -0.503 e. The molecule has 1 saturated heterocycles. The van der Waals surface area contributed by atoms with E-state index in [0.717, 1.165) is 17.3 Å². The Balaban J connectivity index is 1.86. The van der Waals surface area contributed by atoms with Gasteiger partial charge in [-0.25, -0.2) is 0 Å². The second-order valence-electron chi connectivity index (χ2n) is 5.54. The van der Waals surface area contributed by atoms with Crippen molar-refractivity contribution in [1.82, 2.24) is 4.90 Å². The Labute approximate surface area is 160 Å². The number of rotatable bonds is 5. The molecule has 0 atom stereocenters. The quantitative estimate of drug-likeness (QED) is 0.752. The van der Waals surface area contributed by atoms with Gasteiger partial charge in [-0.05, 0) is 48.0 Å². The van der Waals surface area contributed by atoms with Gasteiger partial charge in [0.1, 0.15) is 0 Å². The molecule has 0 spiro atoms. The van der Waals surface area contributed by atoms with E-state index >= 15 is 0 Å². The summed E-state index contributed by atoms with van der Waals surface area (Å²) < 4.78 is 5.34. The SMILES string of the molecule is CCOc1cc(C=C2SC(=O)N(Cc3ccccc3)C2=O)cc(Cl)c1O. The lowest BCUT2D eigenvalue weighted by Crippen LogP contribution is -2.27. The number of hydrogen-bond acceptors (Lipinski definition) is 5. The molecule has 1 heterocycles. The number of halogens is 1. The van der Waals surface area contributed by atoms with Crippen LogP contribution >= 0.6 is 23.4 Å². The molecule has 26 heavy (non-hydrogen) atoms. The van der Waals surface area contributed by atoms with E-state index < -0.39 is 0 Å². The number of thioether (sulfide) groups is 1. The van der Waals surface area contributed by atoms with Crippen LogP contribution in [0.1, 0.15) is 18.1 Å². The second kappa shape index (κ2) is 7.85. The Hall–Kier alpha value is -2.44. The third kappa shape index (κ3) is 3.86. The van der Waals surface area contributed by atoms with Crippen molar-refractivity contribution in [3.05, 3.63) is 63.5 Å². The third-order valence-corrected chi connectivity index (χ3v) is 4.90. The molecular formula is C19H16ClNO4S. The zero-order valence-electron chi connectivity index (χ0n) is 13.9. The highest BCUT2D eigenvalue weighted by atomic mass is 35.5. The maximum atomic E-state index is 12.6. The van der Waals surface area contributed by atoms with Crippen molar-refractivity contribution in [3.63, 3.8) is 0 Å². The van der Waals surface area contributed by atoms with Gasteiger partial charge in [0.2, 0.25) is 0 Å². The van der Waals surface area contributed by atoms with E-state index in [-0.39, 0.29) is 34.2 Å². The normalized spacial score (nSPS) is 15.8. The Morgan fingerprint density at radius 3 is 2.65 bits per heavy atom. The average molecular weight is 390 g/mol. The van der Waals surface area contributed by atoms with Crippen molar-refractivity contribution in [2.75, 3.05) is 6.61 Å². The largest absolute Gasteiger partial charge is 0.503 e. The van der Waals surface area contributed by atoms with Crippen LogP contribution in [0.4, 0.5) is 4.79 Å². The summed E-state index contributed by atoms with van der Waals surface area (Å²) in [5.74, 6) is -0.274. The molecule has 0 radical (unpaired) electrons. The monoisotopic (exact) mass is 389 g/mol. The number of phenols is 1. The molecule has 1 aliphatic heterocycles. The van der Waals surface area contributed by atoms with E-state index in [0.29, 0.717) is 17.1 Å². The molecule has 1 aliphatic rings. The first-order valence-corrected chi connectivity index (χ1v) is 9.13. The lowest BCUT2D eigenvalue weighted by Gasteiger charge is -2.12. The number of nitrogens with zero attached hydrogens (tertiary/aromatic N) is 1. The number of amides is 2. The van der Waals surface area contributed by atoms with Crippen LogP contribution in [0.25, 0.3) is 6.08 Å². The number of phenolic OH excluding ortho intramolecular Hbond substituents is 1. The molecule has 5 nitrogen and oxygen atoms in total. The van der Waals surface area contributed by atoms with Crippen molar-refractivity contribution >= 4 is 40.6 Å². The lowest BCUT2D eigenvalue weighted by molar-refractivity contribution is -0.123. The summed E-state index contributed by atoms with van der Waals surface area (Å²) in [5, 5.41) is 9.70. The molecule has 2 aromatic carbocycles. The highest BCUT2D eigenvalue weighted by molar-refractivity contribution is 8.18. The number of carbonyl (C=O) groups is 2. The minimum atomic E-state index is -0.356. The van der Waals surface area contributed by atoms with Crippen molar-refractivity contribution < 1.29 is 19.4 Å². The van der Waals surface area contributed by atoms with Gasteiger partial charge in [-0.1, -0.05) is 41.9 Å². The van der Waals surface area contributed by atoms with Crippen LogP contribution in [0, 0.1) is 0 Å². The maximum Gasteiger partial charge on any atom is 0.293 e. The molecule has 0 unspecified atom stereocenters. The second-order valence-corrected chi connectivity index (χ2v) is 6.94. The van der Waals surface area contributed by atoms with Crippen molar-refractivity contribution in [3.8, 4) is 11.5 Å². The molecule has 0 aliphatic carbocycles. The molecule has 134 valence electrons. The smallest absolute Gasteiger partial charge is 0.293 e. The van der Waals surface area contributed by atoms with Gasteiger partial charge in [0.15, 0.2) is 11.5 Å². The number of imide groups is 1. The van der Waals surface area contributed by atoms with Crippen LogP contribution in [-0.4, -0.2) is 27.8 Å². The lowest BCUT2D eigenvalue weighted by atomic mass is 10.1. The summed E-state index contributed by atoms with van der Waals surface area (Å²) in [7, 11) is 0. The summed E-state index contributed by atoms with van der Waals surface area (Å²) in [4.78, 5) is 26.3. The molecule has 3 rings (SSSR count). The number of benzene rings is 2.